The molecule has 74 valence electrons. The van der Waals surface area contributed by atoms with Crippen molar-refractivity contribution >= 4 is 33.6 Å². The molecule has 3 nitrogen and oxygen atoms in total. The summed E-state index contributed by atoms with van der Waals surface area (Å²) in [6, 6.07) is 5.47. The van der Waals surface area contributed by atoms with Gasteiger partial charge in [0, 0.05) is 4.47 Å². The number of halogens is 2. The van der Waals surface area contributed by atoms with Gasteiger partial charge in [-0.1, -0.05) is 17.7 Å². The van der Waals surface area contributed by atoms with Crippen LogP contribution in [0.15, 0.2) is 22.7 Å². The van der Waals surface area contributed by atoms with Gasteiger partial charge in [0.2, 0.25) is 0 Å². The monoisotopic (exact) mass is 275 g/mol. The first-order valence-electron chi connectivity index (χ1n) is 4.06. The van der Waals surface area contributed by atoms with Crippen LogP contribution in [0.25, 0.3) is 0 Å². The molecule has 5 heteroatoms. The van der Waals surface area contributed by atoms with Crippen LogP contribution >= 0.6 is 27.5 Å². The topological polar surface area (TPSA) is 38.3 Å². The molecule has 1 aromatic carbocycles. The van der Waals surface area contributed by atoms with Gasteiger partial charge in [0.1, 0.15) is 6.10 Å². The summed E-state index contributed by atoms with van der Waals surface area (Å²) < 4.78 is 5.83. The summed E-state index contributed by atoms with van der Waals surface area (Å²) >= 11 is 9.16. The Kier molecular flexibility index (Phi) is 2.65. The minimum atomic E-state index is -0.374. The zero-order chi connectivity index (χ0) is 10.1. The van der Waals surface area contributed by atoms with Crippen molar-refractivity contribution < 1.29 is 9.53 Å². The van der Waals surface area contributed by atoms with E-state index in [-0.39, 0.29) is 12.2 Å². The Hall–Kier alpha value is -0.740. The molecule has 0 spiro atoms. The maximum Gasteiger partial charge on any atom is 0.407 e. The van der Waals surface area contributed by atoms with Crippen molar-refractivity contribution in [2.24, 2.45) is 0 Å². The maximum absolute atomic E-state index is 10.8. The van der Waals surface area contributed by atoms with E-state index in [1.807, 2.05) is 12.1 Å². The highest BCUT2D eigenvalue weighted by atomic mass is 79.9. The van der Waals surface area contributed by atoms with E-state index in [0.717, 1.165) is 10.0 Å². The van der Waals surface area contributed by atoms with Crippen LogP contribution in [0.5, 0.6) is 0 Å². The predicted octanol–water partition coefficient (Wildman–Crippen LogP) is 2.88. The van der Waals surface area contributed by atoms with Gasteiger partial charge < -0.3 is 10.1 Å². The van der Waals surface area contributed by atoms with Crippen LogP contribution in [0.2, 0.25) is 5.02 Å². The summed E-state index contributed by atoms with van der Waals surface area (Å²) in [7, 11) is 0. The molecular weight excluding hydrogens is 269 g/mol. The maximum atomic E-state index is 10.8. The number of cyclic esters (lactones) is 1. The Labute approximate surface area is 94.5 Å². The fourth-order valence-electron chi connectivity index (χ4n) is 1.29. The first-order valence-corrected chi connectivity index (χ1v) is 5.23. The van der Waals surface area contributed by atoms with Gasteiger partial charge in [-0.15, -0.1) is 0 Å². The molecule has 0 aromatic heterocycles. The van der Waals surface area contributed by atoms with Crippen LogP contribution in [0, 0.1) is 0 Å². The molecule has 1 atom stereocenters. The Morgan fingerprint density at radius 3 is 2.93 bits per heavy atom. The van der Waals surface area contributed by atoms with Crippen molar-refractivity contribution in [2.75, 3.05) is 6.54 Å². The minimum absolute atomic E-state index is 0.212. The average molecular weight is 277 g/mol. The van der Waals surface area contributed by atoms with E-state index >= 15 is 0 Å². The van der Waals surface area contributed by atoms with Crippen LogP contribution in [-0.4, -0.2) is 12.6 Å². The summed E-state index contributed by atoms with van der Waals surface area (Å²) in [5.74, 6) is 0. The van der Waals surface area contributed by atoms with Gasteiger partial charge in [-0.2, -0.15) is 0 Å². The highest BCUT2D eigenvalue weighted by Crippen LogP contribution is 2.28. The van der Waals surface area contributed by atoms with E-state index in [1.54, 1.807) is 6.07 Å². The fourth-order valence-corrected chi connectivity index (χ4v) is 1.80. The summed E-state index contributed by atoms with van der Waals surface area (Å²) in [6.45, 7) is 0.507. The number of amides is 1. The fraction of sp³-hybridized carbons (Fsp3) is 0.222. The quantitative estimate of drug-likeness (QED) is 0.856. The number of rotatable bonds is 1. The first-order chi connectivity index (χ1) is 6.66. The van der Waals surface area contributed by atoms with Gasteiger partial charge >= 0.3 is 6.09 Å². The van der Waals surface area contributed by atoms with E-state index in [0.29, 0.717) is 11.6 Å². The predicted molar refractivity (Wildman–Crippen MR) is 56.4 cm³/mol. The van der Waals surface area contributed by atoms with Crippen molar-refractivity contribution in [1.82, 2.24) is 5.32 Å². The lowest BCUT2D eigenvalue weighted by molar-refractivity contribution is 0.141. The van der Waals surface area contributed by atoms with Gasteiger partial charge in [0.15, 0.2) is 0 Å². The normalized spacial score (nSPS) is 20.4. The summed E-state index contributed by atoms with van der Waals surface area (Å²) in [4.78, 5) is 10.8. The Morgan fingerprint density at radius 2 is 2.36 bits per heavy atom. The molecule has 14 heavy (non-hydrogen) atoms. The van der Waals surface area contributed by atoms with Gasteiger partial charge in [-0.3, -0.25) is 0 Å². The average Bonchev–Trinajstić information content (AvgIpc) is 2.57. The van der Waals surface area contributed by atoms with Crippen LogP contribution in [0.1, 0.15) is 11.7 Å². The zero-order valence-electron chi connectivity index (χ0n) is 7.09. The molecule has 1 aromatic rings. The number of carbonyl (C=O) groups is 1. The largest absolute Gasteiger partial charge is 0.439 e. The summed E-state index contributed by atoms with van der Waals surface area (Å²) in [6.07, 6.45) is -0.586. The molecule has 0 radical (unpaired) electrons. The Morgan fingerprint density at radius 1 is 1.57 bits per heavy atom. The third-order valence-corrected chi connectivity index (χ3v) is 3.21. The molecule has 1 amide bonds. The van der Waals surface area contributed by atoms with Crippen molar-refractivity contribution in [3.8, 4) is 0 Å². The molecule has 1 aliphatic rings. The lowest BCUT2D eigenvalue weighted by atomic mass is 10.1. The first kappa shape index (κ1) is 9.80. The Bertz CT molecular complexity index is 383. The molecule has 0 saturated carbocycles. The highest BCUT2D eigenvalue weighted by molar-refractivity contribution is 9.10. The molecule has 0 aliphatic carbocycles. The second-order valence-electron chi connectivity index (χ2n) is 2.95. The number of carbonyl (C=O) groups excluding carboxylic acids is 1. The van der Waals surface area contributed by atoms with Crippen LogP contribution in [0.3, 0.4) is 0 Å². The van der Waals surface area contributed by atoms with Crippen LogP contribution < -0.4 is 5.32 Å². The second-order valence-corrected chi connectivity index (χ2v) is 4.21. The SMILES string of the molecule is O=C1NCC(c2ccc(Cl)c(Br)c2)O1. The van der Waals surface area contributed by atoms with E-state index in [4.69, 9.17) is 16.3 Å². The van der Waals surface area contributed by atoms with E-state index in [1.165, 1.54) is 0 Å². The van der Waals surface area contributed by atoms with Crippen molar-refractivity contribution in [3.63, 3.8) is 0 Å². The Balaban J connectivity index is 2.24. The van der Waals surface area contributed by atoms with E-state index < -0.39 is 0 Å². The van der Waals surface area contributed by atoms with Gasteiger partial charge in [-0.05, 0) is 33.6 Å². The van der Waals surface area contributed by atoms with Gasteiger partial charge in [0.05, 0.1) is 11.6 Å². The number of alkyl carbamates (subject to hydrolysis) is 1. The molecule has 1 heterocycles. The third kappa shape index (κ3) is 1.86. The number of nitrogens with one attached hydrogen (secondary N) is 1. The number of hydrogen-bond donors (Lipinski definition) is 1. The standard InChI is InChI=1S/C9H7BrClNO2/c10-6-3-5(1-2-7(6)11)8-4-12-9(13)14-8/h1-3,8H,4H2,(H,12,13). The summed E-state index contributed by atoms with van der Waals surface area (Å²) in [5.41, 5.74) is 0.930. The molecule has 0 bridgehead atoms. The van der Waals surface area contributed by atoms with Crippen molar-refractivity contribution in [1.29, 1.82) is 0 Å². The van der Waals surface area contributed by atoms with Gasteiger partial charge in [0.25, 0.3) is 0 Å². The molecule has 1 fully saturated rings. The molecule has 1 aliphatic heterocycles. The number of benzene rings is 1. The highest BCUT2D eigenvalue weighted by Gasteiger charge is 2.24. The molecular formula is C9H7BrClNO2. The summed E-state index contributed by atoms with van der Waals surface area (Å²) in [5, 5.41) is 3.24. The second kappa shape index (κ2) is 3.79. The van der Waals surface area contributed by atoms with E-state index in [9.17, 15) is 4.79 Å². The van der Waals surface area contributed by atoms with Crippen LogP contribution in [-0.2, 0) is 4.74 Å². The van der Waals surface area contributed by atoms with Crippen molar-refractivity contribution in [2.45, 2.75) is 6.10 Å². The third-order valence-electron chi connectivity index (χ3n) is 2.00. The lowest BCUT2D eigenvalue weighted by Crippen LogP contribution is -2.12. The van der Waals surface area contributed by atoms with Gasteiger partial charge in [-0.25, -0.2) is 4.79 Å². The number of ether oxygens (including phenoxy) is 1. The molecule has 1 N–H and O–H groups in total. The van der Waals surface area contributed by atoms with Crippen LogP contribution in [0.4, 0.5) is 4.79 Å². The molecule has 1 saturated heterocycles. The van der Waals surface area contributed by atoms with E-state index in [2.05, 4.69) is 21.2 Å². The minimum Gasteiger partial charge on any atom is -0.439 e. The number of hydrogen-bond acceptors (Lipinski definition) is 2. The lowest BCUT2D eigenvalue weighted by Gasteiger charge is -2.08. The van der Waals surface area contributed by atoms with Crippen molar-refractivity contribution in [3.05, 3.63) is 33.3 Å². The molecule has 2 rings (SSSR count). The molecule has 1 unspecified atom stereocenters. The zero-order valence-corrected chi connectivity index (χ0v) is 9.43. The smallest absolute Gasteiger partial charge is 0.407 e.